The number of likely N-dealkylation sites (N-methyl/N-ethyl adjacent to an activating group) is 1. The van der Waals surface area contributed by atoms with Crippen molar-refractivity contribution in [1.29, 1.82) is 0 Å². The molecule has 0 aliphatic heterocycles. The standard InChI is InChI=1S/C58H104NO8P/c1-6-8-10-12-14-16-18-20-22-24-25-26-27-28-29-30-31-32-33-35-37-39-41-43-45-47-49-51-58(61)67-56(55-66-68(62,63)65-53-52-59(3,4)5)54-64-57(60)50-48-46-44-42-40-38-36-34-23-21-19-17-15-13-11-9-7-2/h9,11,15,17-18,20-21,23-25,27-28,56H,6-8,10,12-14,16,19,22,26,29-55H2,1-5H3/p+1/b11-9-,17-15-,20-18-,23-21-,25-24-,28-27-. The van der Waals surface area contributed by atoms with E-state index in [0.717, 1.165) is 83.5 Å². The molecule has 0 bridgehead atoms. The molecule has 10 heteroatoms. The van der Waals surface area contributed by atoms with Gasteiger partial charge in [-0.05, 0) is 83.5 Å². The predicted octanol–water partition coefficient (Wildman–Crippen LogP) is 16.9. The summed E-state index contributed by atoms with van der Waals surface area (Å²) in [5, 5.41) is 0. The van der Waals surface area contributed by atoms with Crippen LogP contribution in [0.3, 0.4) is 0 Å². The van der Waals surface area contributed by atoms with Crippen LogP contribution >= 0.6 is 7.82 Å². The molecular weight excluding hydrogens is 870 g/mol. The van der Waals surface area contributed by atoms with Crippen LogP contribution < -0.4 is 0 Å². The Morgan fingerprint density at radius 1 is 0.471 bits per heavy atom. The summed E-state index contributed by atoms with van der Waals surface area (Å²) in [5.74, 6) is -0.810. The molecule has 0 spiro atoms. The van der Waals surface area contributed by atoms with Crippen molar-refractivity contribution >= 4 is 19.8 Å². The van der Waals surface area contributed by atoms with E-state index in [-0.39, 0.29) is 32.0 Å². The number of rotatable bonds is 50. The number of carbonyl (C=O) groups is 2. The zero-order chi connectivity index (χ0) is 49.9. The number of hydrogen-bond donors (Lipinski definition) is 1. The van der Waals surface area contributed by atoms with Gasteiger partial charge in [0.05, 0.1) is 27.7 Å². The minimum absolute atomic E-state index is 0.0269. The van der Waals surface area contributed by atoms with Crippen LogP contribution in [0.2, 0.25) is 0 Å². The van der Waals surface area contributed by atoms with Crippen LogP contribution in [-0.4, -0.2) is 74.9 Å². The summed E-state index contributed by atoms with van der Waals surface area (Å²) in [4.78, 5) is 35.6. The molecule has 0 fully saturated rings. The highest BCUT2D eigenvalue weighted by atomic mass is 31.2. The van der Waals surface area contributed by atoms with Gasteiger partial charge in [-0.2, -0.15) is 0 Å². The van der Waals surface area contributed by atoms with E-state index in [4.69, 9.17) is 18.5 Å². The summed E-state index contributed by atoms with van der Waals surface area (Å²) in [6.07, 6.45) is 63.9. The monoisotopic (exact) mass is 975 g/mol. The van der Waals surface area contributed by atoms with Gasteiger partial charge in [0.2, 0.25) is 0 Å². The first-order chi connectivity index (χ1) is 33.0. The van der Waals surface area contributed by atoms with E-state index < -0.39 is 26.5 Å². The van der Waals surface area contributed by atoms with Gasteiger partial charge in [0.25, 0.3) is 0 Å². The molecule has 0 aliphatic carbocycles. The van der Waals surface area contributed by atoms with Crippen molar-refractivity contribution in [3.8, 4) is 0 Å². The van der Waals surface area contributed by atoms with E-state index in [2.05, 4.69) is 86.8 Å². The molecule has 0 aromatic rings. The lowest BCUT2D eigenvalue weighted by molar-refractivity contribution is -0.870. The maximum atomic E-state index is 12.8. The van der Waals surface area contributed by atoms with E-state index in [1.165, 1.54) is 116 Å². The van der Waals surface area contributed by atoms with Crippen molar-refractivity contribution in [3.05, 3.63) is 72.9 Å². The molecule has 394 valence electrons. The number of quaternary nitrogens is 1. The van der Waals surface area contributed by atoms with Gasteiger partial charge in [-0.25, -0.2) is 4.57 Å². The lowest BCUT2D eigenvalue weighted by atomic mass is 10.0. The van der Waals surface area contributed by atoms with Crippen molar-refractivity contribution in [2.24, 2.45) is 0 Å². The summed E-state index contributed by atoms with van der Waals surface area (Å²) in [6.45, 7) is 4.30. The van der Waals surface area contributed by atoms with E-state index in [1.807, 2.05) is 21.1 Å². The normalized spacial score (nSPS) is 13.9. The predicted molar refractivity (Wildman–Crippen MR) is 289 cm³/mol. The number of unbranched alkanes of at least 4 members (excludes halogenated alkanes) is 24. The topological polar surface area (TPSA) is 108 Å². The second kappa shape index (κ2) is 49.4. The molecule has 0 aromatic carbocycles. The van der Waals surface area contributed by atoms with E-state index in [0.29, 0.717) is 17.4 Å². The molecule has 0 heterocycles. The molecule has 68 heavy (non-hydrogen) atoms. The molecule has 0 saturated carbocycles. The van der Waals surface area contributed by atoms with Gasteiger partial charge < -0.3 is 18.9 Å². The van der Waals surface area contributed by atoms with Crippen LogP contribution in [-0.2, 0) is 32.7 Å². The maximum Gasteiger partial charge on any atom is 0.472 e. The molecule has 0 amide bonds. The molecule has 1 N–H and O–H groups in total. The third-order valence-corrected chi connectivity index (χ3v) is 12.7. The number of phosphoric acid groups is 1. The fourth-order valence-corrected chi connectivity index (χ4v) is 8.19. The van der Waals surface area contributed by atoms with Crippen molar-refractivity contribution in [1.82, 2.24) is 0 Å². The number of ether oxygens (including phenoxy) is 2. The molecule has 2 atom stereocenters. The Kier molecular flexibility index (Phi) is 47.6. The van der Waals surface area contributed by atoms with Gasteiger partial charge in [0.1, 0.15) is 19.8 Å². The lowest BCUT2D eigenvalue weighted by Gasteiger charge is -2.24. The number of carbonyl (C=O) groups excluding carboxylic acids is 2. The third-order valence-electron chi connectivity index (χ3n) is 11.7. The van der Waals surface area contributed by atoms with E-state index >= 15 is 0 Å². The van der Waals surface area contributed by atoms with Crippen molar-refractivity contribution in [2.45, 2.75) is 238 Å². The number of allylic oxidation sites excluding steroid dienone is 12. The molecule has 2 unspecified atom stereocenters. The van der Waals surface area contributed by atoms with Crippen LogP contribution in [0.25, 0.3) is 0 Å². The van der Waals surface area contributed by atoms with Gasteiger partial charge in [-0.15, -0.1) is 0 Å². The van der Waals surface area contributed by atoms with Gasteiger partial charge in [-0.3, -0.25) is 18.6 Å². The van der Waals surface area contributed by atoms with Crippen LogP contribution in [0.15, 0.2) is 72.9 Å². The maximum absolute atomic E-state index is 12.8. The highest BCUT2D eigenvalue weighted by Crippen LogP contribution is 2.43. The molecule has 0 aromatic heterocycles. The average Bonchev–Trinajstić information content (AvgIpc) is 3.30. The molecule has 0 rings (SSSR count). The second-order valence-corrected chi connectivity index (χ2v) is 21.0. The number of esters is 2. The first kappa shape index (κ1) is 65.5. The summed E-state index contributed by atoms with van der Waals surface area (Å²) >= 11 is 0. The number of nitrogens with zero attached hydrogens (tertiary/aromatic N) is 1. The summed E-state index contributed by atoms with van der Waals surface area (Å²) in [6, 6.07) is 0. The Hall–Kier alpha value is -2.55. The Bertz CT molecular complexity index is 1380. The molecule has 0 saturated heterocycles. The zero-order valence-electron chi connectivity index (χ0n) is 44.6. The van der Waals surface area contributed by atoms with Crippen LogP contribution in [0, 0.1) is 0 Å². The first-order valence-electron chi connectivity index (χ1n) is 27.7. The minimum atomic E-state index is -4.39. The third kappa shape index (κ3) is 52.8. The van der Waals surface area contributed by atoms with Gasteiger partial charge in [-0.1, -0.05) is 209 Å². The summed E-state index contributed by atoms with van der Waals surface area (Å²) in [7, 11) is 1.46. The van der Waals surface area contributed by atoms with Gasteiger partial charge in [0, 0.05) is 12.8 Å². The van der Waals surface area contributed by atoms with Crippen LogP contribution in [0.1, 0.15) is 232 Å². The Morgan fingerprint density at radius 2 is 0.838 bits per heavy atom. The van der Waals surface area contributed by atoms with Crippen LogP contribution in [0.5, 0.6) is 0 Å². The summed E-state index contributed by atoms with van der Waals surface area (Å²) < 4.78 is 34.5. The smallest absolute Gasteiger partial charge is 0.462 e. The van der Waals surface area contributed by atoms with Crippen molar-refractivity contribution < 1.29 is 42.1 Å². The molecule has 9 nitrogen and oxygen atoms in total. The first-order valence-corrected chi connectivity index (χ1v) is 29.2. The Labute approximate surface area is 418 Å². The van der Waals surface area contributed by atoms with E-state index in [1.54, 1.807) is 0 Å². The quantitative estimate of drug-likeness (QED) is 0.0211. The molecular formula is C58H105NO8P+. The SMILES string of the molecule is CC/C=C\C/C=C\C/C=C\CCCCCCCCCC(=O)OCC(COP(=O)(O)OCC[N+](C)(C)C)OC(=O)CCCCCCCCCCCCCC/C=C\C/C=C\C/C=C\CCCCCCC. The second-order valence-electron chi connectivity index (χ2n) is 19.6. The number of phosphoric ester groups is 1. The highest BCUT2D eigenvalue weighted by molar-refractivity contribution is 7.47. The van der Waals surface area contributed by atoms with Gasteiger partial charge >= 0.3 is 19.8 Å². The Morgan fingerprint density at radius 3 is 1.25 bits per heavy atom. The number of hydrogen-bond acceptors (Lipinski definition) is 7. The zero-order valence-corrected chi connectivity index (χ0v) is 45.5. The van der Waals surface area contributed by atoms with Crippen LogP contribution in [0.4, 0.5) is 0 Å². The average molecular weight is 975 g/mol. The van der Waals surface area contributed by atoms with Crippen molar-refractivity contribution in [3.63, 3.8) is 0 Å². The molecule has 0 radical (unpaired) electrons. The molecule has 0 aliphatic rings. The fourth-order valence-electron chi connectivity index (χ4n) is 7.45. The van der Waals surface area contributed by atoms with Crippen molar-refractivity contribution in [2.75, 3.05) is 47.5 Å². The Balaban J connectivity index is 4.19. The summed E-state index contributed by atoms with van der Waals surface area (Å²) in [5.41, 5.74) is 0. The highest BCUT2D eigenvalue weighted by Gasteiger charge is 2.27. The minimum Gasteiger partial charge on any atom is -0.462 e. The lowest BCUT2D eigenvalue weighted by Crippen LogP contribution is -2.37. The largest absolute Gasteiger partial charge is 0.472 e. The van der Waals surface area contributed by atoms with E-state index in [9.17, 15) is 19.0 Å². The fraction of sp³-hybridized carbons (Fsp3) is 0.759. The van der Waals surface area contributed by atoms with Gasteiger partial charge in [0.15, 0.2) is 6.10 Å².